The number of anilines is 1. The van der Waals surface area contributed by atoms with Gasteiger partial charge in [-0.25, -0.2) is 8.42 Å². The first-order valence-electron chi connectivity index (χ1n) is 11.1. The summed E-state index contributed by atoms with van der Waals surface area (Å²) in [6.07, 6.45) is 2.60. The Bertz CT molecular complexity index is 1110. The minimum atomic E-state index is -3.76. The molecular weight excluding hydrogens is 497 g/mol. The highest BCUT2D eigenvalue weighted by Crippen LogP contribution is 2.24. The van der Waals surface area contributed by atoms with E-state index in [0.717, 1.165) is 29.0 Å². The Morgan fingerprint density at radius 2 is 1.62 bits per heavy atom. The summed E-state index contributed by atoms with van der Waals surface area (Å²) in [6.45, 7) is 5.62. The highest BCUT2D eigenvalue weighted by Gasteiger charge is 2.30. The maximum Gasteiger partial charge on any atom is 0.244 e. The second kappa shape index (κ2) is 12.4. The number of hydrogen-bond donors (Lipinski definition) is 1. The topological polar surface area (TPSA) is 86.8 Å². The molecule has 0 bridgehead atoms. The molecule has 0 aromatic heterocycles. The van der Waals surface area contributed by atoms with Gasteiger partial charge in [0.05, 0.1) is 22.0 Å². The molecule has 0 spiro atoms. The molecular formula is C24H31Cl2N3O4S. The molecule has 186 valence electrons. The molecule has 0 heterocycles. The Balaban J connectivity index is 2.38. The minimum absolute atomic E-state index is 0.0583. The molecule has 0 saturated heterocycles. The molecule has 2 amide bonds. The highest BCUT2D eigenvalue weighted by atomic mass is 35.5. The first-order valence-corrected chi connectivity index (χ1v) is 13.7. The summed E-state index contributed by atoms with van der Waals surface area (Å²) in [5.74, 6) is -0.844. The van der Waals surface area contributed by atoms with E-state index >= 15 is 0 Å². The predicted octanol–water partition coefficient (Wildman–Crippen LogP) is 4.27. The number of carbonyl (C=O) groups is 2. The van der Waals surface area contributed by atoms with Crippen LogP contribution in [0, 0.1) is 0 Å². The smallest absolute Gasteiger partial charge is 0.244 e. The Morgan fingerprint density at radius 3 is 2.15 bits per heavy atom. The first kappa shape index (κ1) is 28.0. The average Bonchev–Trinajstić information content (AvgIpc) is 2.80. The fraction of sp³-hybridized carbons (Fsp3) is 0.417. The number of hydrogen-bond acceptors (Lipinski definition) is 4. The largest absolute Gasteiger partial charge is 0.354 e. The molecule has 1 atom stereocenters. The van der Waals surface area contributed by atoms with Crippen LogP contribution in [0.25, 0.3) is 0 Å². The Morgan fingerprint density at radius 1 is 1.00 bits per heavy atom. The molecule has 34 heavy (non-hydrogen) atoms. The standard InChI is InChI=1S/C24H31Cl2N3O4S/c1-5-13-27-24(31)17(3)28(15-19-9-12-21(25)22(26)14-19)23(30)16-29(34(4,32)33)20-10-7-18(6-2)8-11-20/h7-12,14,17H,5-6,13,15-16H2,1-4H3,(H,27,31). The van der Waals surface area contributed by atoms with E-state index in [1.165, 1.54) is 4.90 Å². The molecule has 0 aliphatic heterocycles. The summed E-state index contributed by atoms with van der Waals surface area (Å²) in [5, 5.41) is 3.48. The molecule has 2 rings (SSSR count). The molecule has 1 unspecified atom stereocenters. The normalized spacial score (nSPS) is 12.2. The summed E-state index contributed by atoms with van der Waals surface area (Å²) in [6, 6.07) is 11.1. The van der Waals surface area contributed by atoms with Crippen LogP contribution in [0.5, 0.6) is 0 Å². The van der Waals surface area contributed by atoms with Gasteiger partial charge in [0.1, 0.15) is 12.6 Å². The molecule has 2 aromatic carbocycles. The summed E-state index contributed by atoms with van der Waals surface area (Å²) in [7, 11) is -3.76. The zero-order valence-electron chi connectivity index (χ0n) is 19.8. The van der Waals surface area contributed by atoms with Crippen molar-refractivity contribution in [3.05, 3.63) is 63.6 Å². The van der Waals surface area contributed by atoms with Gasteiger partial charge < -0.3 is 10.2 Å². The van der Waals surface area contributed by atoms with Crippen molar-refractivity contribution in [2.24, 2.45) is 0 Å². The van der Waals surface area contributed by atoms with Crippen molar-refractivity contribution in [1.29, 1.82) is 0 Å². The van der Waals surface area contributed by atoms with Crippen molar-refractivity contribution in [1.82, 2.24) is 10.2 Å². The van der Waals surface area contributed by atoms with Crippen LogP contribution in [0.1, 0.15) is 38.3 Å². The van der Waals surface area contributed by atoms with E-state index in [0.29, 0.717) is 27.8 Å². The minimum Gasteiger partial charge on any atom is -0.354 e. The molecule has 0 aliphatic rings. The number of aryl methyl sites for hydroxylation is 1. The molecule has 0 radical (unpaired) electrons. The predicted molar refractivity (Wildman–Crippen MR) is 138 cm³/mol. The lowest BCUT2D eigenvalue weighted by atomic mass is 10.1. The van der Waals surface area contributed by atoms with Crippen LogP contribution >= 0.6 is 23.2 Å². The van der Waals surface area contributed by atoms with Gasteiger partial charge in [0, 0.05) is 13.1 Å². The summed E-state index contributed by atoms with van der Waals surface area (Å²) in [4.78, 5) is 27.5. The van der Waals surface area contributed by atoms with Crippen LogP contribution in [-0.2, 0) is 32.6 Å². The van der Waals surface area contributed by atoms with E-state index in [-0.39, 0.29) is 12.5 Å². The van der Waals surface area contributed by atoms with E-state index in [2.05, 4.69) is 5.32 Å². The molecule has 0 saturated carbocycles. The van der Waals surface area contributed by atoms with Gasteiger partial charge in [0.25, 0.3) is 0 Å². The fourth-order valence-corrected chi connectivity index (χ4v) is 4.50. The molecule has 10 heteroatoms. The Hall–Kier alpha value is -2.29. The maximum absolute atomic E-state index is 13.5. The van der Waals surface area contributed by atoms with E-state index in [1.54, 1.807) is 37.3 Å². The van der Waals surface area contributed by atoms with E-state index in [9.17, 15) is 18.0 Å². The van der Waals surface area contributed by atoms with Gasteiger partial charge in [0.2, 0.25) is 21.8 Å². The number of benzene rings is 2. The second-order valence-corrected chi connectivity index (χ2v) is 10.7. The number of carbonyl (C=O) groups excluding carboxylic acids is 2. The summed E-state index contributed by atoms with van der Waals surface area (Å²) >= 11 is 12.1. The number of nitrogens with zero attached hydrogens (tertiary/aromatic N) is 2. The van der Waals surface area contributed by atoms with Gasteiger partial charge >= 0.3 is 0 Å². The van der Waals surface area contributed by atoms with Crippen LogP contribution in [0.3, 0.4) is 0 Å². The van der Waals surface area contributed by atoms with Crippen LogP contribution < -0.4 is 9.62 Å². The lowest BCUT2D eigenvalue weighted by Crippen LogP contribution is -2.51. The molecule has 1 N–H and O–H groups in total. The zero-order valence-corrected chi connectivity index (χ0v) is 22.2. The lowest BCUT2D eigenvalue weighted by Gasteiger charge is -2.31. The van der Waals surface area contributed by atoms with Crippen molar-refractivity contribution in [2.45, 2.75) is 46.2 Å². The highest BCUT2D eigenvalue weighted by molar-refractivity contribution is 7.92. The third-order valence-corrected chi connectivity index (χ3v) is 7.24. The number of rotatable bonds is 11. The average molecular weight is 529 g/mol. The summed E-state index contributed by atoms with van der Waals surface area (Å²) < 4.78 is 26.2. The van der Waals surface area contributed by atoms with Crippen LogP contribution in [0.15, 0.2) is 42.5 Å². The third kappa shape index (κ3) is 7.61. The SMILES string of the molecule is CCCNC(=O)C(C)N(Cc1ccc(Cl)c(Cl)c1)C(=O)CN(c1ccc(CC)cc1)S(C)(=O)=O. The summed E-state index contributed by atoms with van der Waals surface area (Å²) in [5.41, 5.74) is 2.09. The van der Waals surface area contributed by atoms with Crippen LogP contribution in [0.4, 0.5) is 5.69 Å². The van der Waals surface area contributed by atoms with Crippen molar-refractivity contribution in [3.8, 4) is 0 Å². The van der Waals surface area contributed by atoms with Crippen molar-refractivity contribution in [2.75, 3.05) is 23.7 Å². The molecule has 2 aromatic rings. The number of sulfonamides is 1. The monoisotopic (exact) mass is 527 g/mol. The van der Waals surface area contributed by atoms with E-state index in [4.69, 9.17) is 23.2 Å². The van der Waals surface area contributed by atoms with E-state index < -0.39 is 28.5 Å². The van der Waals surface area contributed by atoms with Crippen molar-refractivity contribution < 1.29 is 18.0 Å². The van der Waals surface area contributed by atoms with Crippen molar-refractivity contribution in [3.63, 3.8) is 0 Å². The van der Waals surface area contributed by atoms with Gasteiger partial charge in [-0.2, -0.15) is 0 Å². The molecule has 0 aliphatic carbocycles. The van der Waals surface area contributed by atoms with Crippen LogP contribution in [-0.4, -0.2) is 50.5 Å². The number of halogens is 2. The first-order chi connectivity index (χ1) is 16.0. The lowest BCUT2D eigenvalue weighted by molar-refractivity contribution is -0.139. The van der Waals surface area contributed by atoms with Gasteiger partial charge in [-0.1, -0.05) is 55.2 Å². The van der Waals surface area contributed by atoms with E-state index in [1.807, 2.05) is 26.0 Å². The van der Waals surface area contributed by atoms with Gasteiger partial charge in [0.15, 0.2) is 0 Å². The Labute approximate surface area is 212 Å². The van der Waals surface area contributed by atoms with Gasteiger partial charge in [-0.15, -0.1) is 0 Å². The number of nitrogens with one attached hydrogen (secondary N) is 1. The Kier molecular flexibility index (Phi) is 10.2. The quantitative estimate of drug-likeness (QED) is 0.472. The zero-order chi connectivity index (χ0) is 25.5. The van der Waals surface area contributed by atoms with Crippen molar-refractivity contribution >= 4 is 50.7 Å². The van der Waals surface area contributed by atoms with Gasteiger partial charge in [-0.3, -0.25) is 13.9 Å². The number of amides is 2. The molecule has 7 nitrogen and oxygen atoms in total. The molecule has 0 fully saturated rings. The van der Waals surface area contributed by atoms with Gasteiger partial charge in [-0.05, 0) is 55.2 Å². The second-order valence-electron chi connectivity index (χ2n) is 8.03. The van der Waals surface area contributed by atoms with Crippen LogP contribution in [0.2, 0.25) is 10.0 Å². The fourth-order valence-electron chi connectivity index (χ4n) is 3.32. The third-order valence-electron chi connectivity index (χ3n) is 5.37. The maximum atomic E-state index is 13.5.